The molecule has 0 bridgehead atoms. The van der Waals surface area contributed by atoms with Crippen LogP contribution in [0.2, 0.25) is 0 Å². The van der Waals surface area contributed by atoms with Gasteiger partial charge >= 0.3 is 5.97 Å². The predicted molar refractivity (Wildman–Crippen MR) is 145 cm³/mol. The summed E-state index contributed by atoms with van der Waals surface area (Å²) in [5.74, 6) is -0.375. The van der Waals surface area contributed by atoms with Crippen LogP contribution in [0.5, 0.6) is 0 Å². The van der Waals surface area contributed by atoms with Gasteiger partial charge in [0, 0.05) is 6.92 Å². The van der Waals surface area contributed by atoms with E-state index < -0.39 is 24.4 Å². The minimum atomic E-state index is -0.542. The van der Waals surface area contributed by atoms with E-state index in [0.29, 0.717) is 26.2 Å². The van der Waals surface area contributed by atoms with Crippen LogP contribution >= 0.6 is 0 Å². The van der Waals surface area contributed by atoms with E-state index in [1.165, 1.54) is 6.92 Å². The molecule has 0 aliphatic carbocycles. The van der Waals surface area contributed by atoms with Crippen LogP contribution in [0.1, 0.15) is 30.0 Å². The van der Waals surface area contributed by atoms with Gasteiger partial charge in [0.2, 0.25) is 0 Å². The second kappa shape index (κ2) is 14.6. The molecule has 0 saturated carbocycles. The molecule has 200 valence electrons. The number of benzene rings is 3. The Labute approximate surface area is 225 Å². The fraction of sp³-hybridized carbons (Fsp3) is 0.344. The summed E-state index contributed by atoms with van der Waals surface area (Å²) >= 11 is 0. The van der Waals surface area contributed by atoms with Crippen molar-refractivity contribution in [2.45, 2.75) is 63.7 Å². The Kier molecular flexibility index (Phi) is 10.7. The molecule has 6 heteroatoms. The van der Waals surface area contributed by atoms with Crippen molar-refractivity contribution in [3.63, 3.8) is 0 Å². The average molecular weight is 517 g/mol. The highest BCUT2D eigenvalue weighted by atomic mass is 16.6. The summed E-state index contributed by atoms with van der Waals surface area (Å²) in [6.45, 7) is 6.50. The normalized spacial score (nSPS) is 23.0. The molecule has 1 saturated heterocycles. The second-order valence-electron chi connectivity index (χ2n) is 9.32. The van der Waals surface area contributed by atoms with Gasteiger partial charge in [0.05, 0.1) is 25.9 Å². The fourth-order valence-corrected chi connectivity index (χ4v) is 4.57. The molecule has 38 heavy (non-hydrogen) atoms. The number of hydrogen-bond donors (Lipinski definition) is 0. The first-order valence-electron chi connectivity index (χ1n) is 13.0. The second-order valence-corrected chi connectivity index (χ2v) is 9.32. The van der Waals surface area contributed by atoms with Crippen molar-refractivity contribution >= 4 is 5.97 Å². The molecule has 5 atom stereocenters. The number of rotatable bonds is 13. The summed E-state index contributed by atoms with van der Waals surface area (Å²) in [5, 5.41) is 0. The lowest BCUT2D eigenvalue weighted by atomic mass is 9.92. The lowest BCUT2D eigenvalue weighted by molar-refractivity contribution is -0.270. The molecule has 1 heterocycles. The average Bonchev–Trinajstić information content (AvgIpc) is 2.95. The maximum Gasteiger partial charge on any atom is 0.302 e. The molecule has 6 nitrogen and oxygen atoms in total. The predicted octanol–water partition coefficient (Wildman–Crippen LogP) is 5.65. The Morgan fingerprint density at radius 2 is 1.13 bits per heavy atom. The molecule has 3 aromatic rings. The SMILES string of the molecule is C=CC[C@H]1O[C@H](COC(C)=O)[C@@H](OCc2ccccc2)[C@H](OCc2ccccc2)[C@H]1OCc1ccccc1. The number of esters is 1. The zero-order valence-electron chi connectivity index (χ0n) is 21.8. The highest BCUT2D eigenvalue weighted by Crippen LogP contribution is 2.32. The van der Waals surface area contributed by atoms with Gasteiger partial charge in [0.15, 0.2) is 0 Å². The van der Waals surface area contributed by atoms with Crippen molar-refractivity contribution in [3.8, 4) is 0 Å². The molecule has 0 spiro atoms. The van der Waals surface area contributed by atoms with Gasteiger partial charge in [-0.3, -0.25) is 4.79 Å². The van der Waals surface area contributed by atoms with E-state index in [2.05, 4.69) is 6.58 Å². The molecular formula is C32H36O6. The van der Waals surface area contributed by atoms with Crippen molar-refractivity contribution in [1.29, 1.82) is 0 Å². The zero-order valence-corrected chi connectivity index (χ0v) is 21.8. The van der Waals surface area contributed by atoms with Crippen LogP contribution in [0, 0.1) is 0 Å². The van der Waals surface area contributed by atoms with E-state index in [1.54, 1.807) is 0 Å². The van der Waals surface area contributed by atoms with Crippen molar-refractivity contribution in [2.75, 3.05) is 6.61 Å². The van der Waals surface area contributed by atoms with Crippen molar-refractivity contribution in [2.24, 2.45) is 0 Å². The minimum absolute atomic E-state index is 0.0546. The fourth-order valence-electron chi connectivity index (χ4n) is 4.57. The van der Waals surface area contributed by atoms with Gasteiger partial charge in [-0.1, -0.05) is 97.1 Å². The number of ether oxygens (including phenoxy) is 5. The number of hydrogen-bond acceptors (Lipinski definition) is 6. The molecule has 0 aromatic heterocycles. The largest absolute Gasteiger partial charge is 0.463 e. The van der Waals surface area contributed by atoms with Gasteiger partial charge in [-0.15, -0.1) is 6.58 Å². The topological polar surface area (TPSA) is 63.2 Å². The summed E-state index contributed by atoms with van der Waals surface area (Å²) in [4.78, 5) is 11.7. The third-order valence-electron chi connectivity index (χ3n) is 6.44. The Morgan fingerprint density at radius 1 is 0.711 bits per heavy atom. The van der Waals surface area contributed by atoms with E-state index in [-0.39, 0.29) is 18.7 Å². The molecule has 1 aliphatic heterocycles. The molecule has 3 aromatic carbocycles. The molecule has 4 rings (SSSR count). The number of carbonyl (C=O) groups excluding carboxylic acids is 1. The standard InChI is InChI=1S/C32H36O6/c1-3-13-28-30(35-20-25-14-7-4-8-15-25)32(37-22-27-18-11-6-12-19-27)31(29(38-28)23-34-24(2)33)36-21-26-16-9-5-10-17-26/h3-12,14-19,28-32H,1,13,20-23H2,2H3/t28-,29-,30+,31-,32-/m1/s1. The Balaban J connectivity index is 1.62. The first kappa shape index (κ1) is 27.7. The molecular weight excluding hydrogens is 480 g/mol. The third kappa shape index (κ3) is 8.10. The molecule has 0 N–H and O–H groups in total. The Hall–Kier alpha value is -3.29. The third-order valence-corrected chi connectivity index (χ3v) is 6.44. The Morgan fingerprint density at radius 3 is 1.55 bits per heavy atom. The van der Waals surface area contributed by atoms with E-state index >= 15 is 0 Å². The van der Waals surface area contributed by atoms with E-state index in [9.17, 15) is 4.79 Å². The lowest BCUT2D eigenvalue weighted by Crippen LogP contribution is -2.61. The molecule has 0 radical (unpaired) electrons. The minimum Gasteiger partial charge on any atom is -0.463 e. The molecule has 1 aliphatic rings. The maximum atomic E-state index is 11.7. The Bertz CT molecular complexity index is 1100. The van der Waals surface area contributed by atoms with Crippen LogP contribution in [0.15, 0.2) is 104 Å². The van der Waals surface area contributed by atoms with Gasteiger partial charge < -0.3 is 23.7 Å². The summed E-state index contributed by atoms with van der Waals surface area (Å²) in [7, 11) is 0. The smallest absolute Gasteiger partial charge is 0.302 e. The van der Waals surface area contributed by atoms with Gasteiger partial charge in [-0.25, -0.2) is 0 Å². The summed E-state index contributed by atoms with van der Waals surface area (Å²) in [6, 6.07) is 29.9. The van der Waals surface area contributed by atoms with Crippen LogP contribution in [0.25, 0.3) is 0 Å². The van der Waals surface area contributed by atoms with Crippen molar-refractivity contribution in [3.05, 3.63) is 120 Å². The van der Waals surface area contributed by atoms with Crippen LogP contribution < -0.4 is 0 Å². The highest BCUT2D eigenvalue weighted by molar-refractivity contribution is 5.65. The molecule has 0 amide bonds. The zero-order chi connectivity index (χ0) is 26.6. The van der Waals surface area contributed by atoms with Crippen molar-refractivity contribution < 1.29 is 28.5 Å². The first-order chi connectivity index (χ1) is 18.6. The van der Waals surface area contributed by atoms with Crippen LogP contribution in [0.4, 0.5) is 0 Å². The molecule has 0 unspecified atom stereocenters. The quantitative estimate of drug-likeness (QED) is 0.216. The van der Waals surface area contributed by atoms with E-state index in [0.717, 1.165) is 16.7 Å². The van der Waals surface area contributed by atoms with Gasteiger partial charge in [0.25, 0.3) is 0 Å². The van der Waals surface area contributed by atoms with E-state index in [1.807, 2.05) is 97.1 Å². The van der Waals surface area contributed by atoms with Gasteiger partial charge in [-0.2, -0.15) is 0 Å². The maximum absolute atomic E-state index is 11.7. The van der Waals surface area contributed by atoms with Gasteiger partial charge in [-0.05, 0) is 23.1 Å². The van der Waals surface area contributed by atoms with Crippen LogP contribution in [0.3, 0.4) is 0 Å². The van der Waals surface area contributed by atoms with Crippen LogP contribution in [-0.4, -0.2) is 43.1 Å². The summed E-state index contributed by atoms with van der Waals surface area (Å²) in [6.07, 6.45) is 0.00524. The summed E-state index contributed by atoms with van der Waals surface area (Å²) in [5.41, 5.74) is 3.12. The monoisotopic (exact) mass is 516 g/mol. The van der Waals surface area contributed by atoms with Crippen LogP contribution in [-0.2, 0) is 48.3 Å². The summed E-state index contributed by atoms with van der Waals surface area (Å²) < 4.78 is 31.4. The van der Waals surface area contributed by atoms with E-state index in [4.69, 9.17) is 23.7 Å². The first-order valence-corrected chi connectivity index (χ1v) is 13.0. The lowest BCUT2D eigenvalue weighted by Gasteiger charge is -2.46. The molecule has 1 fully saturated rings. The number of carbonyl (C=O) groups is 1. The highest BCUT2D eigenvalue weighted by Gasteiger charge is 2.48. The van der Waals surface area contributed by atoms with Crippen molar-refractivity contribution in [1.82, 2.24) is 0 Å². The van der Waals surface area contributed by atoms with Gasteiger partial charge in [0.1, 0.15) is 31.0 Å².